The fraction of sp³-hybridized carbons (Fsp3) is 0.769. The number of aromatic nitrogens is 2. The van der Waals surface area contributed by atoms with Crippen molar-refractivity contribution in [3.63, 3.8) is 0 Å². The molecule has 18 heavy (non-hydrogen) atoms. The second-order valence-corrected chi connectivity index (χ2v) is 5.49. The summed E-state index contributed by atoms with van der Waals surface area (Å²) < 4.78 is 7.68. The molecule has 1 aliphatic carbocycles. The minimum Gasteiger partial charge on any atom is -0.396 e. The number of nitrogens with zero attached hydrogens (tertiary/aromatic N) is 3. The van der Waals surface area contributed by atoms with Crippen LogP contribution in [0.5, 0.6) is 0 Å². The lowest BCUT2D eigenvalue weighted by molar-refractivity contribution is -0.0590. The summed E-state index contributed by atoms with van der Waals surface area (Å²) in [6.07, 6.45) is 6.38. The highest BCUT2D eigenvalue weighted by molar-refractivity contribution is 5.05. The molecule has 1 saturated heterocycles. The van der Waals surface area contributed by atoms with Gasteiger partial charge in [0, 0.05) is 44.5 Å². The number of fused-ring (bicyclic) bond motifs is 1. The Bertz CT molecular complexity index is 407. The molecule has 3 atom stereocenters. The van der Waals surface area contributed by atoms with Crippen LogP contribution in [-0.4, -0.2) is 51.7 Å². The quantitative estimate of drug-likeness (QED) is 0.844. The van der Waals surface area contributed by atoms with Gasteiger partial charge in [0.25, 0.3) is 0 Å². The van der Waals surface area contributed by atoms with E-state index in [1.807, 2.05) is 17.9 Å². The molecule has 5 nitrogen and oxygen atoms in total. The van der Waals surface area contributed by atoms with E-state index >= 15 is 0 Å². The van der Waals surface area contributed by atoms with Gasteiger partial charge in [-0.1, -0.05) is 0 Å². The van der Waals surface area contributed by atoms with Crippen LogP contribution >= 0.6 is 0 Å². The number of morpholine rings is 1. The molecular formula is C13H21N3O2. The standard InChI is InChI=1S/C13H21N3O2/c1-15-7-11(6-14-15)8-16-2-3-18-13-5-10(9-17)4-12(13)16/h6-7,10,12-13,17H,2-5,8-9H2,1H3/t10-,12+,13+/m1/s1. The van der Waals surface area contributed by atoms with E-state index < -0.39 is 0 Å². The lowest BCUT2D eigenvalue weighted by Gasteiger charge is -2.37. The highest BCUT2D eigenvalue weighted by atomic mass is 16.5. The molecule has 0 aromatic carbocycles. The number of rotatable bonds is 3. The van der Waals surface area contributed by atoms with E-state index in [0.717, 1.165) is 32.5 Å². The predicted octanol–water partition coefficient (Wildman–Crippen LogP) is 0.392. The van der Waals surface area contributed by atoms with Gasteiger partial charge in [-0.05, 0) is 18.8 Å². The van der Waals surface area contributed by atoms with E-state index in [1.165, 1.54) is 5.56 Å². The van der Waals surface area contributed by atoms with E-state index in [0.29, 0.717) is 18.1 Å². The predicted molar refractivity (Wildman–Crippen MR) is 67.0 cm³/mol. The van der Waals surface area contributed by atoms with E-state index in [4.69, 9.17) is 4.74 Å². The van der Waals surface area contributed by atoms with Crippen LogP contribution in [0.25, 0.3) is 0 Å². The highest BCUT2D eigenvalue weighted by Gasteiger charge is 2.40. The maximum Gasteiger partial charge on any atom is 0.0734 e. The maximum absolute atomic E-state index is 9.30. The van der Waals surface area contributed by atoms with Gasteiger partial charge in [-0.25, -0.2) is 0 Å². The van der Waals surface area contributed by atoms with Gasteiger partial charge < -0.3 is 9.84 Å². The van der Waals surface area contributed by atoms with Gasteiger partial charge in [0.05, 0.1) is 18.9 Å². The summed E-state index contributed by atoms with van der Waals surface area (Å²) in [4.78, 5) is 2.49. The minimum absolute atomic E-state index is 0.289. The van der Waals surface area contributed by atoms with Crippen molar-refractivity contribution in [1.29, 1.82) is 0 Å². The zero-order chi connectivity index (χ0) is 12.5. The highest BCUT2D eigenvalue weighted by Crippen LogP contribution is 2.34. The second kappa shape index (κ2) is 4.99. The molecule has 0 spiro atoms. The molecule has 100 valence electrons. The summed E-state index contributed by atoms with van der Waals surface area (Å²) in [6.45, 7) is 3.02. The summed E-state index contributed by atoms with van der Waals surface area (Å²) in [6, 6.07) is 0.469. The fourth-order valence-corrected chi connectivity index (χ4v) is 3.26. The Hall–Kier alpha value is -0.910. The first-order valence-corrected chi connectivity index (χ1v) is 6.70. The summed E-state index contributed by atoms with van der Waals surface area (Å²) >= 11 is 0. The second-order valence-electron chi connectivity index (χ2n) is 5.49. The Morgan fingerprint density at radius 1 is 1.50 bits per heavy atom. The van der Waals surface area contributed by atoms with Crippen molar-refractivity contribution >= 4 is 0 Å². The molecule has 1 aromatic heterocycles. The molecule has 0 amide bonds. The number of aliphatic hydroxyl groups excluding tert-OH is 1. The molecule has 0 unspecified atom stereocenters. The fourth-order valence-electron chi connectivity index (χ4n) is 3.26. The van der Waals surface area contributed by atoms with Crippen LogP contribution in [0, 0.1) is 5.92 Å². The Morgan fingerprint density at radius 3 is 3.11 bits per heavy atom. The Kier molecular flexibility index (Phi) is 3.37. The average Bonchev–Trinajstić information content (AvgIpc) is 2.96. The summed E-state index contributed by atoms with van der Waals surface area (Å²) in [7, 11) is 1.95. The molecule has 1 aromatic rings. The van der Waals surface area contributed by atoms with Crippen molar-refractivity contribution in [2.45, 2.75) is 31.5 Å². The topological polar surface area (TPSA) is 50.5 Å². The number of hydrogen-bond donors (Lipinski definition) is 1. The van der Waals surface area contributed by atoms with Crippen molar-refractivity contribution in [3.05, 3.63) is 18.0 Å². The first kappa shape index (κ1) is 12.1. The van der Waals surface area contributed by atoms with Crippen LogP contribution in [0.4, 0.5) is 0 Å². The van der Waals surface area contributed by atoms with Gasteiger partial charge in [-0.15, -0.1) is 0 Å². The van der Waals surface area contributed by atoms with Gasteiger partial charge >= 0.3 is 0 Å². The van der Waals surface area contributed by atoms with Gasteiger partial charge in [0.2, 0.25) is 0 Å². The smallest absolute Gasteiger partial charge is 0.0734 e. The summed E-state index contributed by atoms with van der Waals surface area (Å²) in [5.74, 6) is 0.412. The van der Waals surface area contributed by atoms with E-state index in [-0.39, 0.29) is 6.61 Å². The van der Waals surface area contributed by atoms with Crippen LogP contribution < -0.4 is 0 Å². The molecule has 2 fully saturated rings. The Labute approximate surface area is 107 Å². The van der Waals surface area contributed by atoms with Crippen molar-refractivity contribution in [1.82, 2.24) is 14.7 Å². The molecule has 0 bridgehead atoms. The molecule has 1 aliphatic heterocycles. The van der Waals surface area contributed by atoms with Crippen molar-refractivity contribution in [2.75, 3.05) is 19.8 Å². The van der Waals surface area contributed by atoms with Crippen molar-refractivity contribution in [2.24, 2.45) is 13.0 Å². The molecule has 5 heteroatoms. The summed E-state index contributed by atoms with van der Waals surface area (Å²) in [5, 5.41) is 13.5. The van der Waals surface area contributed by atoms with E-state index in [1.54, 1.807) is 0 Å². The van der Waals surface area contributed by atoms with E-state index in [2.05, 4.69) is 16.2 Å². The number of aliphatic hydroxyl groups is 1. The van der Waals surface area contributed by atoms with Gasteiger partial charge in [-0.3, -0.25) is 9.58 Å². The zero-order valence-corrected chi connectivity index (χ0v) is 10.8. The lowest BCUT2D eigenvalue weighted by atomic mass is 10.1. The van der Waals surface area contributed by atoms with Crippen LogP contribution in [0.1, 0.15) is 18.4 Å². The Balaban J connectivity index is 1.68. The number of aryl methyl sites for hydroxylation is 1. The average molecular weight is 251 g/mol. The van der Waals surface area contributed by atoms with Crippen LogP contribution in [-0.2, 0) is 18.3 Å². The van der Waals surface area contributed by atoms with Crippen molar-refractivity contribution in [3.8, 4) is 0 Å². The maximum atomic E-state index is 9.30. The monoisotopic (exact) mass is 251 g/mol. The normalized spacial score (nSPS) is 32.7. The Morgan fingerprint density at radius 2 is 2.39 bits per heavy atom. The van der Waals surface area contributed by atoms with Crippen LogP contribution in [0.2, 0.25) is 0 Å². The molecule has 2 heterocycles. The van der Waals surface area contributed by atoms with Crippen molar-refractivity contribution < 1.29 is 9.84 Å². The zero-order valence-electron chi connectivity index (χ0n) is 10.8. The third kappa shape index (κ3) is 2.30. The third-order valence-electron chi connectivity index (χ3n) is 4.15. The third-order valence-corrected chi connectivity index (χ3v) is 4.15. The molecule has 1 saturated carbocycles. The molecular weight excluding hydrogens is 230 g/mol. The molecule has 0 radical (unpaired) electrons. The molecule has 3 rings (SSSR count). The first-order chi connectivity index (χ1) is 8.76. The number of ether oxygens (including phenoxy) is 1. The largest absolute Gasteiger partial charge is 0.396 e. The molecule has 1 N–H and O–H groups in total. The minimum atomic E-state index is 0.289. The first-order valence-electron chi connectivity index (χ1n) is 6.70. The van der Waals surface area contributed by atoms with Gasteiger partial charge in [0.15, 0.2) is 0 Å². The SMILES string of the molecule is Cn1cc(CN2CCO[C@H]3C[C@H](CO)C[C@@H]32)cn1. The van der Waals surface area contributed by atoms with E-state index in [9.17, 15) is 5.11 Å². The van der Waals surface area contributed by atoms with Crippen LogP contribution in [0.15, 0.2) is 12.4 Å². The van der Waals surface area contributed by atoms with Crippen LogP contribution in [0.3, 0.4) is 0 Å². The van der Waals surface area contributed by atoms with Gasteiger partial charge in [-0.2, -0.15) is 5.10 Å². The number of hydrogen-bond acceptors (Lipinski definition) is 4. The lowest BCUT2D eigenvalue weighted by Crippen LogP contribution is -2.47. The van der Waals surface area contributed by atoms with Gasteiger partial charge in [0.1, 0.15) is 0 Å². The molecule has 2 aliphatic rings. The summed E-state index contributed by atoms with van der Waals surface area (Å²) in [5.41, 5.74) is 1.26.